The summed E-state index contributed by atoms with van der Waals surface area (Å²) in [7, 11) is 0. The van der Waals surface area contributed by atoms with Gasteiger partial charge in [0, 0.05) is 5.54 Å². The van der Waals surface area contributed by atoms with Crippen LogP contribution < -0.4 is 10.5 Å². The number of hydrogen-bond donors (Lipinski definition) is 1. The number of ether oxygens (including phenoxy) is 1. The van der Waals surface area contributed by atoms with Crippen LogP contribution in [0.3, 0.4) is 0 Å². The molecule has 1 aliphatic rings. The Morgan fingerprint density at radius 1 is 1.00 bits per heavy atom. The Bertz CT molecular complexity index is 615. The number of hydrogen-bond acceptors (Lipinski definition) is 2. The second-order valence-electron chi connectivity index (χ2n) is 6.47. The largest absolute Gasteiger partial charge is 0.489 e. The van der Waals surface area contributed by atoms with Gasteiger partial charge in [0.2, 0.25) is 0 Å². The van der Waals surface area contributed by atoms with Gasteiger partial charge in [-0.3, -0.25) is 0 Å². The van der Waals surface area contributed by atoms with E-state index in [0.717, 1.165) is 18.6 Å². The number of nitrogens with two attached hydrogens (primary N) is 1. The van der Waals surface area contributed by atoms with Gasteiger partial charge in [-0.25, -0.2) is 0 Å². The topological polar surface area (TPSA) is 35.2 Å². The van der Waals surface area contributed by atoms with Crippen molar-refractivity contribution in [3.05, 3.63) is 65.2 Å². The maximum atomic E-state index is 6.65. The lowest BCUT2D eigenvalue weighted by molar-refractivity contribution is 0.290. The van der Waals surface area contributed by atoms with Crippen LogP contribution in [-0.2, 0) is 12.1 Å². The average molecular weight is 295 g/mol. The molecule has 0 saturated heterocycles. The molecule has 0 amide bonds. The van der Waals surface area contributed by atoms with Crippen LogP contribution in [0, 0.1) is 6.92 Å². The third kappa shape index (κ3) is 3.33. The Balaban J connectivity index is 1.78. The molecular weight excluding hydrogens is 270 g/mol. The zero-order valence-corrected chi connectivity index (χ0v) is 13.3. The van der Waals surface area contributed by atoms with Gasteiger partial charge in [-0.05, 0) is 42.5 Å². The molecule has 0 aliphatic heterocycles. The van der Waals surface area contributed by atoms with E-state index in [1.807, 2.05) is 18.2 Å². The van der Waals surface area contributed by atoms with E-state index in [4.69, 9.17) is 10.5 Å². The zero-order chi connectivity index (χ0) is 15.4. The molecule has 0 aromatic heterocycles. The van der Waals surface area contributed by atoms with Crippen LogP contribution >= 0.6 is 0 Å². The molecular formula is C20H25NO. The summed E-state index contributed by atoms with van der Waals surface area (Å²) in [6.45, 7) is 2.69. The van der Waals surface area contributed by atoms with Crippen LogP contribution in [0.4, 0.5) is 0 Å². The Labute approximate surface area is 133 Å². The fourth-order valence-electron chi connectivity index (χ4n) is 3.27. The van der Waals surface area contributed by atoms with E-state index in [-0.39, 0.29) is 5.54 Å². The Kier molecular flexibility index (Phi) is 4.49. The van der Waals surface area contributed by atoms with Crippen molar-refractivity contribution >= 4 is 0 Å². The van der Waals surface area contributed by atoms with Crippen LogP contribution in [0.2, 0.25) is 0 Å². The molecule has 2 aromatic carbocycles. The van der Waals surface area contributed by atoms with Crippen molar-refractivity contribution in [1.29, 1.82) is 0 Å². The highest BCUT2D eigenvalue weighted by Gasteiger charge is 2.29. The maximum Gasteiger partial charge on any atom is 0.123 e. The first-order valence-electron chi connectivity index (χ1n) is 8.24. The van der Waals surface area contributed by atoms with Gasteiger partial charge in [-0.15, -0.1) is 0 Å². The molecule has 0 unspecified atom stereocenters. The molecule has 2 N–H and O–H groups in total. The van der Waals surface area contributed by atoms with Crippen LogP contribution in [-0.4, -0.2) is 0 Å². The van der Waals surface area contributed by atoms with Crippen LogP contribution in [0.25, 0.3) is 0 Å². The number of aryl methyl sites for hydroxylation is 1. The molecule has 22 heavy (non-hydrogen) atoms. The molecule has 1 fully saturated rings. The molecule has 2 nitrogen and oxygen atoms in total. The fraction of sp³-hybridized carbons (Fsp3) is 0.400. The monoisotopic (exact) mass is 295 g/mol. The summed E-state index contributed by atoms with van der Waals surface area (Å²) in [5.74, 6) is 0.955. The molecule has 0 spiro atoms. The predicted octanol–water partition coefficient (Wildman–Crippen LogP) is 4.69. The summed E-state index contributed by atoms with van der Waals surface area (Å²) in [4.78, 5) is 0. The van der Waals surface area contributed by atoms with Crippen molar-refractivity contribution < 1.29 is 4.74 Å². The molecule has 2 heteroatoms. The van der Waals surface area contributed by atoms with E-state index < -0.39 is 0 Å². The van der Waals surface area contributed by atoms with Gasteiger partial charge in [0.15, 0.2) is 0 Å². The van der Waals surface area contributed by atoms with Crippen molar-refractivity contribution in [3.63, 3.8) is 0 Å². The predicted molar refractivity (Wildman–Crippen MR) is 90.9 cm³/mol. The standard InChI is InChI=1S/C20H25NO/c1-16-10-11-18(20(21)12-6-3-7-13-20)14-19(16)22-15-17-8-4-2-5-9-17/h2,4-5,8-11,14H,3,6-7,12-13,15,21H2,1H3. The first kappa shape index (κ1) is 15.1. The lowest BCUT2D eigenvalue weighted by atomic mass is 9.77. The van der Waals surface area contributed by atoms with Crippen LogP contribution in [0.5, 0.6) is 5.75 Å². The molecule has 0 radical (unpaired) electrons. The van der Waals surface area contributed by atoms with Crippen molar-refractivity contribution in [2.24, 2.45) is 5.73 Å². The summed E-state index contributed by atoms with van der Waals surface area (Å²) in [5.41, 5.74) is 10.1. The molecule has 1 aliphatic carbocycles. The second-order valence-corrected chi connectivity index (χ2v) is 6.47. The summed E-state index contributed by atoms with van der Waals surface area (Å²) >= 11 is 0. The van der Waals surface area contributed by atoms with Gasteiger partial charge >= 0.3 is 0 Å². The molecule has 0 atom stereocenters. The van der Waals surface area contributed by atoms with Crippen molar-refractivity contribution in [3.8, 4) is 5.75 Å². The fourth-order valence-corrected chi connectivity index (χ4v) is 3.27. The highest BCUT2D eigenvalue weighted by Crippen LogP contribution is 2.36. The molecule has 3 rings (SSSR count). The first-order valence-corrected chi connectivity index (χ1v) is 8.24. The lowest BCUT2D eigenvalue weighted by Gasteiger charge is -2.34. The van der Waals surface area contributed by atoms with Crippen LogP contribution in [0.15, 0.2) is 48.5 Å². The molecule has 116 valence electrons. The average Bonchev–Trinajstić information content (AvgIpc) is 2.55. The summed E-state index contributed by atoms with van der Waals surface area (Å²) in [6.07, 6.45) is 5.92. The van der Waals surface area contributed by atoms with Gasteiger partial charge in [-0.2, -0.15) is 0 Å². The molecule has 2 aromatic rings. The van der Waals surface area contributed by atoms with Crippen molar-refractivity contribution in [2.75, 3.05) is 0 Å². The van der Waals surface area contributed by atoms with E-state index >= 15 is 0 Å². The highest BCUT2D eigenvalue weighted by atomic mass is 16.5. The second kappa shape index (κ2) is 6.53. The van der Waals surface area contributed by atoms with E-state index in [1.165, 1.54) is 36.0 Å². The smallest absolute Gasteiger partial charge is 0.123 e. The Morgan fingerprint density at radius 2 is 1.73 bits per heavy atom. The SMILES string of the molecule is Cc1ccc(C2(N)CCCCC2)cc1OCc1ccccc1. The number of rotatable bonds is 4. The van der Waals surface area contributed by atoms with Gasteiger partial charge in [-0.1, -0.05) is 61.7 Å². The molecule has 0 bridgehead atoms. The van der Waals surface area contributed by atoms with Crippen molar-refractivity contribution in [2.45, 2.75) is 51.2 Å². The maximum absolute atomic E-state index is 6.65. The van der Waals surface area contributed by atoms with Crippen LogP contribution in [0.1, 0.15) is 48.8 Å². The highest BCUT2D eigenvalue weighted by molar-refractivity contribution is 5.40. The minimum Gasteiger partial charge on any atom is -0.489 e. The summed E-state index contributed by atoms with van der Waals surface area (Å²) < 4.78 is 6.04. The number of benzene rings is 2. The van der Waals surface area contributed by atoms with Crippen molar-refractivity contribution in [1.82, 2.24) is 0 Å². The summed E-state index contributed by atoms with van der Waals surface area (Å²) in [5, 5.41) is 0. The van der Waals surface area contributed by atoms with E-state index in [9.17, 15) is 0 Å². The van der Waals surface area contributed by atoms with Gasteiger partial charge in [0.05, 0.1) is 0 Å². The first-order chi connectivity index (χ1) is 10.7. The van der Waals surface area contributed by atoms with Gasteiger partial charge < -0.3 is 10.5 Å². The lowest BCUT2D eigenvalue weighted by Crippen LogP contribution is -2.38. The van der Waals surface area contributed by atoms with E-state index in [1.54, 1.807) is 0 Å². The van der Waals surface area contributed by atoms with Gasteiger partial charge in [0.1, 0.15) is 12.4 Å². The zero-order valence-electron chi connectivity index (χ0n) is 13.3. The van der Waals surface area contributed by atoms with Gasteiger partial charge in [0.25, 0.3) is 0 Å². The van der Waals surface area contributed by atoms with E-state index in [2.05, 4.69) is 37.3 Å². The quantitative estimate of drug-likeness (QED) is 0.888. The van der Waals surface area contributed by atoms with E-state index in [0.29, 0.717) is 6.61 Å². The third-order valence-corrected chi connectivity index (χ3v) is 4.75. The Morgan fingerprint density at radius 3 is 2.45 bits per heavy atom. The minimum atomic E-state index is -0.170. The third-order valence-electron chi connectivity index (χ3n) is 4.75. The molecule has 1 saturated carbocycles. The summed E-state index contributed by atoms with van der Waals surface area (Å²) in [6, 6.07) is 16.8. The normalized spacial score (nSPS) is 17.2. The minimum absolute atomic E-state index is 0.170. The molecule has 0 heterocycles. The Hall–Kier alpha value is -1.80.